The number of aliphatic imine (C=N–C) groups is 1. The summed E-state index contributed by atoms with van der Waals surface area (Å²) < 4.78 is 5.54. The van der Waals surface area contributed by atoms with E-state index in [4.69, 9.17) is 4.74 Å². The van der Waals surface area contributed by atoms with Gasteiger partial charge in [0.2, 0.25) is 0 Å². The summed E-state index contributed by atoms with van der Waals surface area (Å²) in [7, 11) is 3.62. The van der Waals surface area contributed by atoms with Crippen molar-refractivity contribution in [1.82, 2.24) is 10.2 Å². The van der Waals surface area contributed by atoms with Gasteiger partial charge in [-0.2, -0.15) is 0 Å². The minimum atomic E-state index is 0.144. The molecule has 100 valence electrons. The van der Waals surface area contributed by atoms with Crippen molar-refractivity contribution in [3.63, 3.8) is 0 Å². The first-order chi connectivity index (χ1) is 7.99. The number of likely N-dealkylation sites (tertiary alicyclic amines) is 1. The van der Waals surface area contributed by atoms with Crippen LogP contribution in [0.25, 0.3) is 0 Å². The van der Waals surface area contributed by atoms with Gasteiger partial charge in [-0.25, -0.2) is 0 Å². The number of hydrogen-bond donors (Lipinski definition) is 1. The van der Waals surface area contributed by atoms with Gasteiger partial charge in [-0.15, -0.1) is 0 Å². The molecule has 4 heteroatoms. The standard InChI is InChI=1S/C13H27N3O/c1-13(2,3)11(17-5)10-15-12(14-4)16-8-6-7-9-16/h11H,6-10H2,1-5H3,(H,14,15). The molecule has 0 aliphatic carbocycles. The maximum Gasteiger partial charge on any atom is 0.193 e. The second-order valence-electron chi connectivity index (χ2n) is 5.71. The van der Waals surface area contributed by atoms with Crippen molar-refractivity contribution in [2.75, 3.05) is 33.8 Å². The highest BCUT2D eigenvalue weighted by Crippen LogP contribution is 2.21. The Bertz CT molecular complexity index is 252. The average Bonchev–Trinajstić information content (AvgIpc) is 2.76. The number of ether oxygens (including phenoxy) is 1. The van der Waals surface area contributed by atoms with Crippen LogP contribution < -0.4 is 5.32 Å². The average molecular weight is 241 g/mol. The first kappa shape index (κ1) is 14.3. The maximum absolute atomic E-state index is 5.54. The Labute approximate surface area is 105 Å². The molecular formula is C13H27N3O. The summed E-state index contributed by atoms with van der Waals surface area (Å²) in [5, 5.41) is 3.42. The minimum Gasteiger partial charge on any atom is -0.379 e. The molecule has 0 saturated carbocycles. The molecule has 0 aromatic heterocycles. The van der Waals surface area contributed by atoms with E-state index in [2.05, 4.69) is 36.0 Å². The molecule has 1 aliphatic heterocycles. The van der Waals surface area contributed by atoms with Gasteiger partial charge in [-0.3, -0.25) is 4.99 Å². The van der Waals surface area contributed by atoms with Crippen molar-refractivity contribution in [2.45, 2.75) is 39.7 Å². The van der Waals surface area contributed by atoms with Crippen LogP contribution in [0.4, 0.5) is 0 Å². The molecule has 1 N–H and O–H groups in total. The van der Waals surface area contributed by atoms with Crippen molar-refractivity contribution in [1.29, 1.82) is 0 Å². The maximum atomic E-state index is 5.54. The summed E-state index contributed by atoms with van der Waals surface area (Å²) in [6.07, 6.45) is 2.74. The van der Waals surface area contributed by atoms with E-state index in [0.29, 0.717) is 0 Å². The van der Waals surface area contributed by atoms with Crippen molar-refractivity contribution in [3.05, 3.63) is 0 Å². The summed E-state index contributed by atoms with van der Waals surface area (Å²) in [6.45, 7) is 9.63. The highest BCUT2D eigenvalue weighted by Gasteiger charge is 2.25. The van der Waals surface area contributed by atoms with Gasteiger partial charge in [0.1, 0.15) is 0 Å². The summed E-state index contributed by atoms with van der Waals surface area (Å²) in [4.78, 5) is 6.65. The van der Waals surface area contributed by atoms with Crippen LogP contribution in [-0.4, -0.2) is 50.8 Å². The molecule has 0 amide bonds. The van der Waals surface area contributed by atoms with Crippen molar-refractivity contribution in [2.24, 2.45) is 10.4 Å². The van der Waals surface area contributed by atoms with Crippen LogP contribution in [-0.2, 0) is 4.74 Å². The Morgan fingerprint density at radius 2 is 1.94 bits per heavy atom. The summed E-state index contributed by atoms with van der Waals surface area (Å²) >= 11 is 0. The molecule has 0 aromatic carbocycles. The van der Waals surface area contributed by atoms with Crippen molar-refractivity contribution < 1.29 is 4.74 Å². The van der Waals surface area contributed by atoms with E-state index >= 15 is 0 Å². The van der Waals surface area contributed by atoms with E-state index in [0.717, 1.165) is 25.6 Å². The van der Waals surface area contributed by atoms with E-state index in [1.54, 1.807) is 7.11 Å². The SMILES string of the molecule is CN=C(NCC(OC)C(C)(C)C)N1CCCC1. The Morgan fingerprint density at radius 3 is 2.35 bits per heavy atom. The third-order valence-corrected chi connectivity index (χ3v) is 3.31. The quantitative estimate of drug-likeness (QED) is 0.604. The van der Waals surface area contributed by atoms with Gasteiger partial charge in [0.25, 0.3) is 0 Å². The van der Waals surface area contributed by atoms with Gasteiger partial charge in [0.15, 0.2) is 5.96 Å². The third kappa shape index (κ3) is 4.19. The van der Waals surface area contributed by atoms with Crippen LogP contribution in [0.5, 0.6) is 0 Å². The predicted octanol–water partition coefficient (Wildman–Crippen LogP) is 1.72. The summed E-state index contributed by atoms with van der Waals surface area (Å²) in [5.41, 5.74) is 0.144. The number of guanidine groups is 1. The molecule has 1 atom stereocenters. The lowest BCUT2D eigenvalue weighted by atomic mass is 9.89. The molecule has 0 spiro atoms. The Kier molecular flexibility index (Phi) is 5.25. The van der Waals surface area contributed by atoms with Gasteiger partial charge in [-0.05, 0) is 18.3 Å². The van der Waals surface area contributed by atoms with Crippen LogP contribution in [0.2, 0.25) is 0 Å². The molecule has 1 aliphatic rings. The van der Waals surface area contributed by atoms with E-state index in [9.17, 15) is 0 Å². The van der Waals surface area contributed by atoms with Gasteiger partial charge < -0.3 is 15.0 Å². The van der Waals surface area contributed by atoms with Crippen LogP contribution in [0.3, 0.4) is 0 Å². The summed E-state index contributed by atoms with van der Waals surface area (Å²) in [5.74, 6) is 1.01. The lowest BCUT2D eigenvalue weighted by molar-refractivity contribution is 0.0202. The molecule has 0 aromatic rings. The minimum absolute atomic E-state index is 0.144. The second-order valence-corrected chi connectivity index (χ2v) is 5.71. The first-order valence-corrected chi connectivity index (χ1v) is 6.47. The molecular weight excluding hydrogens is 214 g/mol. The molecule has 0 radical (unpaired) electrons. The lowest BCUT2D eigenvalue weighted by Gasteiger charge is -2.31. The van der Waals surface area contributed by atoms with E-state index in [1.165, 1.54) is 12.8 Å². The number of nitrogens with one attached hydrogen (secondary N) is 1. The Balaban J connectivity index is 2.47. The molecule has 4 nitrogen and oxygen atoms in total. The highest BCUT2D eigenvalue weighted by atomic mass is 16.5. The smallest absolute Gasteiger partial charge is 0.193 e. The van der Waals surface area contributed by atoms with Gasteiger partial charge in [0.05, 0.1) is 6.10 Å². The van der Waals surface area contributed by atoms with Crippen LogP contribution >= 0.6 is 0 Å². The van der Waals surface area contributed by atoms with E-state index in [-0.39, 0.29) is 11.5 Å². The zero-order valence-corrected chi connectivity index (χ0v) is 11.9. The zero-order valence-electron chi connectivity index (χ0n) is 11.9. The third-order valence-electron chi connectivity index (χ3n) is 3.31. The fourth-order valence-electron chi connectivity index (χ4n) is 2.19. The molecule has 1 saturated heterocycles. The van der Waals surface area contributed by atoms with Crippen molar-refractivity contribution >= 4 is 5.96 Å². The van der Waals surface area contributed by atoms with Gasteiger partial charge in [-0.1, -0.05) is 20.8 Å². The van der Waals surface area contributed by atoms with Gasteiger partial charge >= 0.3 is 0 Å². The molecule has 17 heavy (non-hydrogen) atoms. The predicted molar refractivity (Wildman–Crippen MR) is 72.4 cm³/mol. The molecule has 1 unspecified atom stereocenters. The topological polar surface area (TPSA) is 36.9 Å². The van der Waals surface area contributed by atoms with Crippen LogP contribution in [0.1, 0.15) is 33.6 Å². The van der Waals surface area contributed by atoms with E-state index in [1.807, 2.05) is 7.05 Å². The van der Waals surface area contributed by atoms with E-state index < -0.39 is 0 Å². The number of methoxy groups -OCH3 is 1. The lowest BCUT2D eigenvalue weighted by Crippen LogP contribution is -2.46. The monoisotopic (exact) mass is 241 g/mol. The fourth-order valence-corrected chi connectivity index (χ4v) is 2.19. The molecule has 1 heterocycles. The normalized spacial score (nSPS) is 19.6. The first-order valence-electron chi connectivity index (χ1n) is 6.47. The number of nitrogens with zero attached hydrogens (tertiary/aromatic N) is 2. The highest BCUT2D eigenvalue weighted by molar-refractivity contribution is 5.80. The van der Waals surface area contributed by atoms with Crippen LogP contribution in [0.15, 0.2) is 4.99 Å². The molecule has 1 fully saturated rings. The largest absolute Gasteiger partial charge is 0.379 e. The van der Waals surface area contributed by atoms with Gasteiger partial charge in [0, 0.05) is 33.8 Å². The zero-order chi connectivity index (χ0) is 12.9. The Morgan fingerprint density at radius 1 is 1.35 bits per heavy atom. The molecule has 0 bridgehead atoms. The van der Waals surface area contributed by atoms with Crippen LogP contribution in [0, 0.1) is 5.41 Å². The molecule has 1 rings (SSSR count). The summed E-state index contributed by atoms with van der Waals surface area (Å²) in [6, 6.07) is 0. The number of hydrogen-bond acceptors (Lipinski definition) is 2. The van der Waals surface area contributed by atoms with Crippen molar-refractivity contribution in [3.8, 4) is 0 Å². The Hall–Kier alpha value is -0.770. The number of rotatable bonds is 3. The fraction of sp³-hybridized carbons (Fsp3) is 0.923. The second kappa shape index (κ2) is 6.24.